The zero-order valence-corrected chi connectivity index (χ0v) is 4.39. The van der Waals surface area contributed by atoms with Crippen LogP contribution >= 0.6 is 0 Å². The first-order valence-corrected chi connectivity index (χ1v) is 1.43. The Labute approximate surface area is 52.4 Å². The molecule has 1 heterocycles. The van der Waals surface area contributed by atoms with Crippen LogP contribution in [0, 0.1) is 0 Å². The Hall–Kier alpha value is -0.935. The second-order valence-corrected chi connectivity index (χ2v) is 0.761. The minimum atomic E-state index is 0. The Bertz CT molecular complexity index is 73.5. The van der Waals surface area contributed by atoms with Gasteiger partial charge >= 0.3 is 8.41 Å². The molecule has 0 atom stereocenters. The molecule has 0 aliphatic carbocycles. The van der Waals surface area contributed by atoms with E-state index in [1.54, 1.807) is 18.7 Å². The second kappa shape index (κ2) is 15.7. The monoisotopic (exact) mass is 136 g/mol. The number of hydrogen-bond donors (Lipinski definition) is 1. The van der Waals surface area contributed by atoms with Gasteiger partial charge in [0.25, 0.3) is 0 Å². The Kier molecular flexibility index (Phi) is 42.6. The van der Waals surface area contributed by atoms with Crippen LogP contribution in [0.2, 0.25) is 0 Å². The van der Waals surface area contributed by atoms with Gasteiger partial charge in [0.15, 0.2) is 0 Å². The summed E-state index contributed by atoms with van der Waals surface area (Å²) in [5.74, 6) is 0. The first-order valence-electron chi connectivity index (χ1n) is 1.43. The molecule has 50 valence electrons. The normalized spacial score (nSPS) is 4.44. The number of hydrogen-bond acceptors (Lipinski definition) is 1. The molecule has 1 N–H and O–H groups in total. The Morgan fingerprint density at radius 2 is 1.67 bits per heavy atom. The van der Waals surface area contributed by atoms with E-state index in [2.05, 4.69) is 9.97 Å². The third-order valence-electron chi connectivity index (χ3n) is 0.406. The number of H-pyrrole nitrogens is 1. The number of nitrogens with zero attached hydrogens (tertiary/aromatic N) is 1. The molecule has 0 radical (unpaired) electrons. The predicted molar refractivity (Wildman–Crippen MR) is 24.3 cm³/mol. The maximum absolute atomic E-state index is 3.67. The summed E-state index contributed by atoms with van der Waals surface area (Å²) < 4.78 is 0. The van der Waals surface area contributed by atoms with Gasteiger partial charge in [0.05, 0.1) is 6.33 Å². The van der Waals surface area contributed by atoms with E-state index < -0.39 is 0 Å². The molecule has 0 fully saturated rings. The van der Waals surface area contributed by atoms with Crippen molar-refractivity contribution in [1.29, 1.82) is 0 Å². The van der Waals surface area contributed by atoms with Gasteiger partial charge < -0.3 is 19.1 Å². The van der Waals surface area contributed by atoms with Gasteiger partial charge in [-0.05, 0) is 0 Å². The quantitative estimate of drug-likeness (QED) is 0.352. The van der Waals surface area contributed by atoms with Gasteiger partial charge in [-0.3, -0.25) is 0 Å². The smallest absolute Gasteiger partial charge is 1.00 e. The van der Waals surface area contributed by atoms with Crippen molar-refractivity contribution in [3.8, 4) is 0 Å². The van der Waals surface area contributed by atoms with Crippen LogP contribution in [0.15, 0.2) is 18.7 Å². The van der Waals surface area contributed by atoms with Crippen LogP contribution in [0.25, 0.3) is 0 Å². The van der Waals surface area contributed by atoms with Crippen LogP contribution in [0.3, 0.4) is 0 Å². The number of nitrogens with one attached hydrogen (secondary N) is 1. The Morgan fingerprint density at radius 3 is 1.78 bits per heavy atom. The average molecular weight is 136 g/mol. The molecule has 0 bridgehead atoms. The summed E-state index contributed by atoms with van der Waals surface area (Å²) in [5.41, 5.74) is 0. The molecular formula is C3H4BF3N2. The molecule has 6 heteroatoms. The number of rotatable bonds is 0. The average Bonchev–Trinajstić information content (AvgIpc) is 1.76. The van der Waals surface area contributed by atoms with Crippen LogP contribution in [0.4, 0.5) is 0 Å². The van der Waals surface area contributed by atoms with E-state index in [1.807, 2.05) is 0 Å². The number of aromatic amines is 1. The van der Waals surface area contributed by atoms with Crippen LogP contribution < -0.4 is 14.1 Å². The molecule has 0 aliphatic rings. The van der Waals surface area contributed by atoms with Crippen molar-refractivity contribution in [3.63, 3.8) is 0 Å². The SMILES string of the molecule is [B+3].[F-].[F-].[F-].c1c[nH]cn1. The second-order valence-electron chi connectivity index (χ2n) is 0.761. The van der Waals surface area contributed by atoms with Gasteiger partial charge in [-0.25, -0.2) is 4.98 Å². The molecule has 0 saturated carbocycles. The van der Waals surface area contributed by atoms with E-state index >= 15 is 0 Å². The van der Waals surface area contributed by atoms with Gasteiger partial charge in [0.2, 0.25) is 0 Å². The van der Waals surface area contributed by atoms with Crippen molar-refractivity contribution >= 4 is 8.41 Å². The molecule has 0 unspecified atom stereocenters. The minimum absolute atomic E-state index is 0. The topological polar surface area (TPSA) is 28.7 Å². The maximum Gasteiger partial charge on any atom is 3.00 e. The molecule has 0 amide bonds. The standard InChI is InChI=1S/C3H4N2.B.3FH/c1-2-5-3-4-1;;;;/h1-3H,(H,4,5);;3*1H/q;+3;;;/p-3. The summed E-state index contributed by atoms with van der Waals surface area (Å²) in [6.45, 7) is 0. The molecular weight excluding hydrogens is 132 g/mol. The predicted octanol–water partition coefficient (Wildman–Crippen LogP) is -8.96. The molecule has 0 aliphatic heterocycles. The van der Waals surface area contributed by atoms with E-state index in [-0.39, 0.29) is 22.5 Å². The Balaban J connectivity index is -0.0000000312. The fourth-order valence-corrected chi connectivity index (χ4v) is 0.215. The molecule has 0 aromatic carbocycles. The third kappa shape index (κ3) is 11.0. The zero-order chi connectivity index (χ0) is 3.54. The van der Waals surface area contributed by atoms with E-state index in [1.165, 1.54) is 0 Å². The molecule has 0 saturated heterocycles. The molecule has 1 aromatic rings. The molecule has 1 rings (SSSR count). The first-order chi connectivity index (χ1) is 2.50. The summed E-state index contributed by atoms with van der Waals surface area (Å²) in [7, 11) is 0. The van der Waals surface area contributed by atoms with Gasteiger partial charge in [0, 0.05) is 12.4 Å². The largest absolute Gasteiger partial charge is 3.00 e. The summed E-state index contributed by atoms with van der Waals surface area (Å²) in [4.78, 5) is 6.42. The van der Waals surface area contributed by atoms with Crippen LogP contribution in [0.1, 0.15) is 0 Å². The van der Waals surface area contributed by atoms with E-state index in [9.17, 15) is 0 Å². The summed E-state index contributed by atoms with van der Waals surface area (Å²) in [6.07, 6.45) is 5.08. The minimum Gasteiger partial charge on any atom is -1.00 e. The van der Waals surface area contributed by atoms with Crippen LogP contribution in [0.5, 0.6) is 0 Å². The van der Waals surface area contributed by atoms with E-state index in [0.29, 0.717) is 0 Å². The Morgan fingerprint density at radius 1 is 1.11 bits per heavy atom. The van der Waals surface area contributed by atoms with E-state index in [0.717, 1.165) is 0 Å². The van der Waals surface area contributed by atoms with Crippen molar-refractivity contribution < 1.29 is 14.1 Å². The van der Waals surface area contributed by atoms with Gasteiger partial charge in [-0.2, -0.15) is 0 Å². The zero-order valence-electron chi connectivity index (χ0n) is 4.39. The fourth-order valence-electron chi connectivity index (χ4n) is 0.215. The molecule has 2 nitrogen and oxygen atoms in total. The first kappa shape index (κ1) is 24.4. The summed E-state index contributed by atoms with van der Waals surface area (Å²) in [5, 5.41) is 0. The third-order valence-corrected chi connectivity index (χ3v) is 0.406. The number of imidazole rings is 1. The van der Waals surface area contributed by atoms with Crippen molar-refractivity contribution in [2.24, 2.45) is 0 Å². The van der Waals surface area contributed by atoms with Gasteiger partial charge in [-0.15, -0.1) is 0 Å². The molecule has 1 aromatic heterocycles. The maximum atomic E-state index is 3.67. The van der Waals surface area contributed by atoms with Crippen LogP contribution in [-0.4, -0.2) is 18.4 Å². The van der Waals surface area contributed by atoms with Crippen molar-refractivity contribution in [2.45, 2.75) is 0 Å². The van der Waals surface area contributed by atoms with Crippen LogP contribution in [-0.2, 0) is 0 Å². The van der Waals surface area contributed by atoms with Gasteiger partial charge in [0.1, 0.15) is 0 Å². The summed E-state index contributed by atoms with van der Waals surface area (Å²) >= 11 is 0. The molecule has 9 heavy (non-hydrogen) atoms. The van der Waals surface area contributed by atoms with Crippen molar-refractivity contribution in [2.75, 3.05) is 0 Å². The number of aromatic nitrogens is 2. The number of halogens is 3. The fraction of sp³-hybridized carbons (Fsp3) is 0. The molecule has 0 spiro atoms. The van der Waals surface area contributed by atoms with Crippen molar-refractivity contribution in [1.82, 2.24) is 9.97 Å². The van der Waals surface area contributed by atoms with Gasteiger partial charge in [-0.1, -0.05) is 0 Å². The summed E-state index contributed by atoms with van der Waals surface area (Å²) in [6, 6.07) is 0. The van der Waals surface area contributed by atoms with Crippen molar-refractivity contribution in [3.05, 3.63) is 18.7 Å². The van der Waals surface area contributed by atoms with E-state index in [4.69, 9.17) is 0 Å².